The zero-order valence-corrected chi connectivity index (χ0v) is 23.4. The molecule has 0 aromatic heterocycles. The molecule has 214 valence electrons. The van der Waals surface area contributed by atoms with Crippen molar-refractivity contribution in [2.24, 2.45) is 11.8 Å². The zero-order chi connectivity index (χ0) is 28.3. The molecule has 2 aliphatic heterocycles. The standard InChI is InChI=1S/C29H45NO8/c1-20(19-36-28(34)30-16-7-6-8-17-30)10-9-11-21(2)27-22(3)12-13-25(37-23(4)31)29(5,35)15-14-24(32)18-26(33)38-27/h9-13,20,22,24-25,27,32,35H,6-8,14-19H2,1-5H3/b10-9+,13-12+,21-11+/t20-,22+,24-,25+,27-,29-/m1/s1. The first-order valence-corrected chi connectivity index (χ1v) is 13.6. The minimum absolute atomic E-state index is 0.00849. The van der Waals surface area contributed by atoms with Crippen molar-refractivity contribution >= 4 is 18.0 Å². The number of rotatable bonds is 6. The number of esters is 2. The summed E-state index contributed by atoms with van der Waals surface area (Å²) in [6.45, 7) is 10.2. The first-order chi connectivity index (χ1) is 17.9. The van der Waals surface area contributed by atoms with Crippen LogP contribution < -0.4 is 0 Å². The number of aliphatic hydroxyl groups is 2. The second kappa shape index (κ2) is 15.1. The highest BCUT2D eigenvalue weighted by Crippen LogP contribution is 2.27. The van der Waals surface area contributed by atoms with Gasteiger partial charge in [-0.05, 0) is 57.6 Å². The fourth-order valence-electron chi connectivity index (χ4n) is 4.55. The predicted octanol–water partition coefficient (Wildman–Crippen LogP) is 4.08. The Balaban J connectivity index is 2.10. The summed E-state index contributed by atoms with van der Waals surface area (Å²) in [6.07, 6.45) is 9.41. The number of piperidine rings is 1. The van der Waals surface area contributed by atoms with Gasteiger partial charge in [-0.3, -0.25) is 9.59 Å². The largest absolute Gasteiger partial charge is 0.457 e. The number of likely N-dealkylation sites (tertiary alicyclic amines) is 1. The summed E-state index contributed by atoms with van der Waals surface area (Å²) >= 11 is 0. The van der Waals surface area contributed by atoms with Crippen LogP contribution in [-0.2, 0) is 23.8 Å². The number of amides is 1. The van der Waals surface area contributed by atoms with Crippen LogP contribution in [0.5, 0.6) is 0 Å². The highest BCUT2D eigenvalue weighted by Gasteiger charge is 2.35. The van der Waals surface area contributed by atoms with E-state index in [0.717, 1.165) is 37.9 Å². The molecule has 2 aliphatic rings. The molecule has 0 radical (unpaired) electrons. The molecule has 9 heteroatoms. The van der Waals surface area contributed by atoms with E-state index in [1.54, 1.807) is 24.0 Å². The normalized spacial score (nSPS) is 31.5. The third-order valence-corrected chi connectivity index (χ3v) is 6.95. The Kier molecular flexibility index (Phi) is 12.5. The summed E-state index contributed by atoms with van der Waals surface area (Å²) in [5.41, 5.74) is -0.644. The van der Waals surface area contributed by atoms with Crippen molar-refractivity contribution in [2.45, 2.75) is 97.1 Å². The molecule has 0 aromatic rings. The predicted molar refractivity (Wildman–Crippen MR) is 143 cm³/mol. The number of ether oxygens (including phenoxy) is 3. The number of carbonyl (C=O) groups excluding carboxylic acids is 3. The molecule has 1 fully saturated rings. The molecule has 1 saturated heterocycles. The minimum Gasteiger partial charge on any atom is -0.457 e. The van der Waals surface area contributed by atoms with Crippen LogP contribution in [0.1, 0.15) is 73.1 Å². The van der Waals surface area contributed by atoms with Crippen molar-refractivity contribution < 1.29 is 38.8 Å². The molecule has 2 heterocycles. The molecule has 1 amide bonds. The van der Waals surface area contributed by atoms with Gasteiger partial charge < -0.3 is 29.3 Å². The van der Waals surface area contributed by atoms with E-state index < -0.39 is 35.9 Å². The van der Waals surface area contributed by atoms with Gasteiger partial charge in [0.25, 0.3) is 0 Å². The summed E-state index contributed by atoms with van der Waals surface area (Å²) < 4.78 is 16.5. The highest BCUT2D eigenvalue weighted by molar-refractivity contribution is 5.70. The molecule has 0 unspecified atom stereocenters. The van der Waals surface area contributed by atoms with E-state index in [-0.39, 0.29) is 43.8 Å². The van der Waals surface area contributed by atoms with Gasteiger partial charge in [0.05, 0.1) is 19.1 Å². The monoisotopic (exact) mass is 535 g/mol. The Bertz CT molecular complexity index is 887. The summed E-state index contributed by atoms with van der Waals surface area (Å²) in [7, 11) is 0. The van der Waals surface area contributed by atoms with E-state index in [9.17, 15) is 24.6 Å². The summed E-state index contributed by atoms with van der Waals surface area (Å²) in [6, 6.07) is 0. The van der Waals surface area contributed by atoms with Crippen molar-refractivity contribution in [3.63, 3.8) is 0 Å². The van der Waals surface area contributed by atoms with Crippen LogP contribution in [0.15, 0.2) is 36.0 Å². The molecular weight excluding hydrogens is 490 g/mol. The second-order valence-corrected chi connectivity index (χ2v) is 10.8. The average Bonchev–Trinajstić information content (AvgIpc) is 2.86. The summed E-state index contributed by atoms with van der Waals surface area (Å²) in [4.78, 5) is 38.2. The Morgan fingerprint density at radius 1 is 1.24 bits per heavy atom. The molecule has 2 N–H and O–H groups in total. The third kappa shape index (κ3) is 10.6. The van der Waals surface area contributed by atoms with Crippen LogP contribution in [0.3, 0.4) is 0 Å². The number of carbonyl (C=O) groups is 3. The van der Waals surface area contributed by atoms with Gasteiger partial charge in [0, 0.05) is 31.8 Å². The first-order valence-electron chi connectivity index (χ1n) is 13.6. The van der Waals surface area contributed by atoms with Crippen LogP contribution in [0.4, 0.5) is 4.79 Å². The van der Waals surface area contributed by atoms with Crippen LogP contribution >= 0.6 is 0 Å². The minimum atomic E-state index is -1.41. The van der Waals surface area contributed by atoms with E-state index in [0.29, 0.717) is 0 Å². The van der Waals surface area contributed by atoms with E-state index in [1.807, 2.05) is 39.0 Å². The number of cyclic esters (lactones) is 1. The number of hydrogen-bond donors (Lipinski definition) is 2. The van der Waals surface area contributed by atoms with Gasteiger partial charge in [-0.25, -0.2) is 4.79 Å². The number of nitrogens with zero attached hydrogens (tertiary/aromatic N) is 1. The Hall–Kier alpha value is -2.65. The van der Waals surface area contributed by atoms with Crippen molar-refractivity contribution in [1.29, 1.82) is 0 Å². The highest BCUT2D eigenvalue weighted by atomic mass is 16.6. The van der Waals surface area contributed by atoms with Crippen molar-refractivity contribution in [3.05, 3.63) is 36.0 Å². The van der Waals surface area contributed by atoms with Crippen LogP contribution in [0.2, 0.25) is 0 Å². The molecule has 2 rings (SSSR count). The van der Waals surface area contributed by atoms with Gasteiger partial charge in [0.15, 0.2) is 0 Å². The van der Waals surface area contributed by atoms with Gasteiger partial charge in [-0.1, -0.05) is 38.2 Å². The number of aliphatic hydroxyl groups excluding tert-OH is 1. The second-order valence-electron chi connectivity index (χ2n) is 10.8. The lowest BCUT2D eigenvalue weighted by atomic mass is 9.88. The lowest BCUT2D eigenvalue weighted by molar-refractivity contribution is -0.157. The topological polar surface area (TPSA) is 123 Å². The van der Waals surface area contributed by atoms with E-state index in [4.69, 9.17) is 14.2 Å². The number of allylic oxidation sites excluding steroid dienone is 2. The molecular formula is C29H45NO8. The van der Waals surface area contributed by atoms with E-state index in [1.165, 1.54) is 6.92 Å². The van der Waals surface area contributed by atoms with Crippen molar-refractivity contribution in [3.8, 4) is 0 Å². The fraction of sp³-hybridized carbons (Fsp3) is 0.690. The van der Waals surface area contributed by atoms with Gasteiger partial charge in [0.2, 0.25) is 0 Å². The lowest BCUT2D eigenvalue weighted by Gasteiger charge is -2.32. The van der Waals surface area contributed by atoms with Gasteiger partial charge in [-0.15, -0.1) is 0 Å². The smallest absolute Gasteiger partial charge is 0.409 e. The Morgan fingerprint density at radius 3 is 2.58 bits per heavy atom. The Morgan fingerprint density at radius 2 is 1.92 bits per heavy atom. The quantitative estimate of drug-likeness (QED) is 0.226. The first kappa shape index (κ1) is 31.6. The SMILES string of the molecule is CC(=O)O[C@H]1/C=C/[C@H](C)[C@@H](/C(C)=C/C=C/[C@@H](C)COC(=O)N2CCCCC2)OC(=O)C[C@H](O)CC[C@@]1(C)O. The lowest BCUT2D eigenvalue weighted by Crippen LogP contribution is -2.42. The van der Waals surface area contributed by atoms with Gasteiger partial charge >= 0.3 is 18.0 Å². The Labute approximate surface area is 226 Å². The van der Waals surface area contributed by atoms with Gasteiger partial charge in [0.1, 0.15) is 17.8 Å². The molecule has 0 bridgehead atoms. The van der Waals surface area contributed by atoms with Crippen molar-refractivity contribution in [2.75, 3.05) is 19.7 Å². The molecule has 0 saturated carbocycles. The molecule has 0 spiro atoms. The fourth-order valence-corrected chi connectivity index (χ4v) is 4.55. The number of hydrogen-bond acceptors (Lipinski definition) is 8. The summed E-state index contributed by atoms with van der Waals surface area (Å²) in [5, 5.41) is 21.2. The van der Waals surface area contributed by atoms with Gasteiger partial charge in [-0.2, -0.15) is 0 Å². The van der Waals surface area contributed by atoms with Crippen LogP contribution in [0.25, 0.3) is 0 Å². The molecule has 0 aliphatic carbocycles. The van der Waals surface area contributed by atoms with E-state index >= 15 is 0 Å². The van der Waals surface area contributed by atoms with Crippen LogP contribution in [0, 0.1) is 11.8 Å². The van der Waals surface area contributed by atoms with Crippen LogP contribution in [-0.4, -0.2) is 76.8 Å². The molecule has 6 atom stereocenters. The maximum absolute atomic E-state index is 12.6. The maximum atomic E-state index is 12.6. The third-order valence-electron chi connectivity index (χ3n) is 6.95. The molecule has 38 heavy (non-hydrogen) atoms. The van der Waals surface area contributed by atoms with Crippen molar-refractivity contribution in [1.82, 2.24) is 4.90 Å². The summed E-state index contributed by atoms with van der Waals surface area (Å²) in [5.74, 6) is -1.38. The zero-order valence-electron chi connectivity index (χ0n) is 23.4. The molecule has 0 aromatic carbocycles. The molecule has 9 nitrogen and oxygen atoms in total. The maximum Gasteiger partial charge on any atom is 0.409 e. The van der Waals surface area contributed by atoms with E-state index in [2.05, 4.69) is 0 Å². The average molecular weight is 536 g/mol.